The van der Waals surface area contributed by atoms with Crippen LogP contribution in [0.3, 0.4) is 0 Å². The van der Waals surface area contributed by atoms with Gasteiger partial charge in [0.1, 0.15) is 17.2 Å². The zero-order valence-electron chi connectivity index (χ0n) is 23.9. The van der Waals surface area contributed by atoms with E-state index in [9.17, 15) is 18.0 Å². The molecule has 2 unspecified atom stereocenters. The lowest BCUT2D eigenvalue weighted by Crippen LogP contribution is -2.45. The molecule has 2 aromatic carbocycles. The summed E-state index contributed by atoms with van der Waals surface area (Å²) in [4.78, 5) is 19.6. The van der Waals surface area contributed by atoms with Crippen LogP contribution >= 0.6 is 11.3 Å². The number of carbonyl (C=O) groups is 1. The molecular weight excluding hydrogens is 595 g/mol. The number of alkyl halides is 3. The third-order valence-corrected chi connectivity index (χ3v) is 9.68. The van der Waals surface area contributed by atoms with E-state index in [1.807, 2.05) is 6.07 Å². The second-order valence-electron chi connectivity index (χ2n) is 11.5. The first-order valence-corrected chi connectivity index (χ1v) is 15.4. The minimum absolute atomic E-state index is 0.0377. The molecule has 0 amide bonds. The molecular formula is C32H30F3N3O5S. The van der Waals surface area contributed by atoms with E-state index >= 15 is 0 Å². The third-order valence-electron chi connectivity index (χ3n) is 8.66. The second-order valence-corrected chi connectivity index (χ2v) is 12.5. The Balaban J connectivity index is 1.10. The van der Waals surface area contributed by atoms with Crippen LogP contribution in [-0.4, -0.2) is 47.8 Å². The zero-order chi connectivity index (χ0) is 30.6. The molecule has 12 heteroatoms. The van der Waals surface area contributed by atoms with Crippen molar-refractivity contribution in [2.75, 3.05) is 12.0 Å². The summed E-state index contributed by atoms with van der Waals surface area (Å²) in [6, 6.07) is 10.0. The van der Waals surface area contributed by atoms with E-state index in [0.717, 1.165) is 59.4 Å². The van der Waals surface area contributed by atoms with Crippen LogP contribution in [0, 0.1) is 0 Å². The number of hydrogen-bond donors (Lipinski definition) is 0. The number of ether oxygens (including phenoxy) is 3. The molecule has 1 aliphatic carbocycles. The average Bonchev–Trinajstić information content (AvgIpc) is 3.52. The maximum absolute atomic E-state index is 13.1. The van der Waals surface area contributed by atoms with Crippen molar-refractivity contribution in [3.05, 3.63) is 65.4 Å². The van der Waals surface area contributed by atoms with E-state index in [1.165, 1.54) is 19.2 Å². The van der Waals surface area contributed by atoms with Crippen LogP contribution < -0.4 is 9.64 Å². The Labute approximate surface area is 255 Å². The molecule has 0 radical (unpaired) electrons. The van der Waals surface area contributed by atoms with Crippen molar-refractivity contribution in [2.24, 2.45) is 0 Å². The first-order valence-electron chi connectivity index (χ1n) is 14.6. The van der Waals surface area contributed by atoms with Crippen molar-refractivity contribution in [1.82, 2.24) is 10.1 Å². The Morgan fingerprint density at radius 3 is 2.59 bits per heavy atom. The summed E-state index contributed by atoms with van der Waals surface area (Å²) in [6.45, 7) is 4.09. The summed E-state index contributed by atoms with van der Waals surface area (Å²) < 4.78 is 61.8. The second kappa shape index (κ2) is 11.2. The molecule has 3 aliphatic rings. The fraction of sp³-hybridized carbons (Fsp3) is 0.406. The molecule has 3 fully saturated rings. The van der Waals surface area contributed by atoms with Gasteiger partial charge < -0.3 is 23.6 Å². The standard InChI is InChI=1S/C32H30F3N3O5S/c1-3-17-12-19(30(39)40-2)13-26-27(17)36-31(44-26)38-20-10-11-21(38)15-22(14-20)41-16-24-28(37-43-29(24)18-8-9-18)23-6-4-5-7-25(23)42-32(33,34)35/h3-7,12-13,18,20-22H,1,8-11,14-16H2,2H3. The van der Waals surface area contributed by atoms with Gasteiger partial charge in [-0.25, -0.2) is 9.78 Å². The van der Waals surface area contributed by atoms with E-state index in [-0.39, 0.29) is 42.0 Å². The van der Waals surface area contributed by atoms with Gasteiger partial charge in [0.2, 0.25) is 0 Å². The van der Waals surface area contributed by atoms with Gasteiger partial charge in [-0.1, -0.05) is 41.3 Å². The Kier molecular flexibility index (Phi) is 7.36. The number of hydrogen-bond acceptors (Lipinski definition) is 9. The number of aromatic nitrogens is 2. The number of para-hydroxylation sites is 1. The van der Waals surface area contributed by atoms with Gasteiger partial charge in [-0.3, -0.25) is 0 Å². The number of esters is 1. The van der Waals surface area contributed by atoms with Crippen molar-refractivity contribution >= 4 is 38.7 Å². The summed E-state index contributed by atoms with van der Waals surface area (Å²) in [5, 5.41) is 5.11. The summed E-state index contributed by atoms with van der Waals surface area (Å²) in [7, 11) is 1.36. The van der Waals surface area contributed by atoms with Gasteiger partial charge in [0.15, 0.2) is 5.13 Å². The average molecular weight is 626 g/mol. The van der Waals surface area contributed by atoms with Gasteiger partial charge in [-0.2, -0.15) is 0 Å². The number of benzene rings is 2. The minimum atomic E-state index is -4.83. The van der Waals surface area contributed by atoms with E-state index < -0.39 is 12.3 Å². The van der Waals surface area contributed by atoms with E-state index in [1.54, 1.807) is 35.6 Å². The Hall–Kier alpha value is -3.90. The summed E-state index contributed by atoms with van der Waals surface area (Å²) in [6.07, 6.45) is 2.33. The smallest absolute Gasteiger partial charge is 0.465 e. The topological polar surface area (TPSA) is 86.9 Å². The van der Waals surface area contributed by atoms with Crippen LogP contribution in [0.5, 0.6) is 5.75 Å². The van der Waals surface area contributed by atoms with E-state index in [2.05, 4.69) is 21.4 Å². The fourth-order valence-corrected chi connectivity index (χ4v) is 7.72. The number of methoxy groups -OCH3 is 1. The highest BCUT2D eigenvalue weighted by atomic mass is 32.1. The number of anilines is 1. The molecule has 2 saturated heterocycles. The number of carbonyl (C=O) groups excluding carboxylic acids is 1. The highest BCUT2D eigenvalue weighted by Crippen LogP contribution is 2.47. The van der Waals surface area contributed by atoms with E-state index in [4.69, 9.17) is 19.0 Å². The van der Waals surface area contributed by atoms with Crippen molar-refractivity contribution in [2.45, 2.75) is 75.6 Å². The van der Waals surface area contributed by atoms with Crippen LogP contribution in [0.1, 0.15) is 71.7 Å². The number of piperidine rings is 1. The van der Waals surface area contributed by atoms with Crippen LogP contribution in [-0.2, 0) is 16.1 Å². The molecule has 4 heterocycles. The van der Waals surface area contributed by atoms with Crippen LogP contribution in [0.2, 0.25) is 0 Å². The Bertz CT molecular complexity index is 1720. The Morgan fingerprint density at radius 1 is 1.16 bits per heavy atom. The molecule has 2 atom stereocenters. The zero-order valence-corrected chi connectivity index (χ0v) is 24.7. The number of thiazole rings is 1. The maximum atomic E-state index is 13.1. The summed E-state index contributed by atoms with van der Waals surface area (Å²) in [5.74, 6) is 0.154. The molecule has 0 N–H and O–H groups in total. The molecule has 4 aromatic rings. The number of nitrogens with zero attached hydrogens (tertiary/aromatic N) is 3. The van der Waals surface area contributed by atoms with Gasteiger partial charge in [-0.05, 0) is 62.8 Å². The molecule has 1 saturated carbocycles. The SMILES string of the molecule is C=Cc1cc(C(=O)OC)cc2sc(N3C4CCC3CC(OCc3c(-c5ccccc5OC(F)(F)F)noc3C3CC3)C4)nc12. The van der Waals surface area contributed by atoms with E-state index in [0.29, 0.717) is 22.6 Å². The van der Waals surface area contributed by atoms with Crippen LogP contribution in [0.15, 0.2) is 47.5 Å². The highest BCUT2D eigenvalue weighted by molar-refractivity contribution is 7.22. The molecule has 230 valence electrons. The summed E-state index contributed by atoms with van der Waals surface area (Å²) in [5.41, 5.74) is 3.29. The lowest BCUT2D eigenvalue weighted by Gasteiger charge is -2.38. The van der Waals surface area contributed by atoms with Crippen LogP contribution in [0.25, 0.3) is 27.6 Å². The molecule has 0 spiro atoms. The normalized spacial score (nSPS) is 21.5. The van der Waals surface area contributed by atoms with Crippen molar-refractivity contribution < 1.29 is 36.7 Å². The molecule has 44 heavy (non-hydrogen) atoms. The number of rotatable bonds is 9. The molecule has 2 aromatic heterocycles. The van der Waals surface area contributed by atoms with Crippen molar-refractivity contribution in [3.63, 3.8) is 0 Å². The molecule has 2 bridgehead atoms. The largest absolute Gasteiger partial charge is 0.573 e. The number of halogens is 3. The first-order chi connectivity index (χ1) is 21.2. The highest BCUT2D eigenvalue weighted by Gasteiger charge is 2.43. The predicted octanol–water partition coefficient (Wildman–Crippen LogP) is 7.87. The van der Waals surface area contributed by atoms with Crippen molar-refractivity contribution in [1.29, 1.82) is 0 Å². The summed E-state index contributed by atoms with van der Waals surface area (Å²) >= 11 is 1.56. The third kappa shape index (κ3) is 5.45. The molecule has 8 nitrogen and oxygen atoms in total. The predicted molar refractivity (Wildman–Crippen MR) is 159 cm³/mol. The van der Waals surface area contributed by atoms with Gasteiger partial charge in [0.05, 0.1) is 35.6 Å². The maximum Gasteiger partial charge on any atom is 0.573 e. The molecule has 2 aliphatic heterocycles. The fourth-order valence-electron chi connectivity index (χ4n) is 6.54. The monoisotopic (exact) mass is 625 g/mol. The first kappa shape index (κ1) is 28.8. The van der Waals surface area contributed by atoms with Crippen molar-refractivity contribution in [3.8, 4) is 17.0 Å². The minimum Gasteiger partial charge on any atom is -0.465 e. The lowest BCUT2D eigenvalue weighted by atomic mass is 10.00. The molecule has 7 rings (SSSR count). The van der Waals surface area contributed by atoms with Gasteiger partial charge in [-0.15, -0.1) is 13.2 Å². The number of fused-ring (bicyclic) bond motifs is 3. The van der Waals surface area contributed by atoms with Gasteiger partial charge in [0, 0.05) is 34.7 Å². The quantitative estimate of drug-likeness (QED) is 0.174. The van der Waals surface area contributed by atoms with Gasteiger partial charge in [0.25, 0.3) is 0 Å². The van der Waals surface area contributed by atoms with Crippen LogP contribution in [0.4, 0.5) is 18.3 Å². The lowest BCUT2D eigenvalue weighted by molar-refractivity contribution is -0.274. The van der Waals surface area contributed by atoms with Gasteiger partial charge >= 0.3 is 12.3 Å². The Morgan fingerprint density at radius 2 is 1.91 bits per heavy atom.